The van der Waals surface area contributed by atoms with E-state index in [1.165, 1.54) is 13.2 Å². The van der Waals surface area contributed by atoms with Crippen molar-refractivity contribution in [1.29, 1.82) is 0 Å². The molecule has 0 saturated heterocycles. The zero-order valence-corrected chi connectivity index (χ0v) is 8.05. The van der Waals surface area contributed by atoms with E-state index in [4.69, 9.17) is 5.11 Å². The van der Waals surface area contributed by atoms with Crippen LogP contribution < -0.4 is 4.74 Å². The molecule has 0 fully saturated rings. The van der Waals surface area contributed by atoms with Crippen LogP contribution >= 0.6 is 0 Å². The Morgan fingerprint density at radius 2 is 2.07 bits per heavy atom. The van der Waals surface area contributed by atoms with Crippen molar-refractivity contribution in [2.45, 2.75) is 19.4 Å². The van der Waals surface area contributed by atoms with Gasteiger partial charge in [-0.3, -0.25) is 0 Å². The second-order valence-corrected chi connectivity index (χ2v) is 3.15. The third-order valence-electron chi connectivity index (χ3n) is 1.81. The summed E-state index contributed by atoms with van der Waals surface area (Å²) in [7, 11) is 1.27. The van der Waals surface area contributed by atoms with Gasteiger partial charge in [-0.1, -0.05) is 0 Å². The number of rotatable bonds is 3. The number of benzene rings is 1. The van der Waals surface area contributed by atoms with Crippen molar-refractivity contribution in [2.24, 2.45) is 0 Å². The molecule has 1 rings (SSSR count). The Kier molecular flexibility index (Phi) is 3.41. The quantitative estimate of drug-likeness (QED) is 0.811. The van der Waals surface area contributed by atoms with E-state index in [2.05, 4.69) is 4.74 Å². The summed E-state index contributed by atoms with van der Waals surface area (Å²) < 4.78 is 30.5. The van der Waals surface area contributed by atoms with Gasteiger partial charge in [0.1, 0.15) is 0 Å². The summed E-state index contributed by atoms with van der Waals surface area (Å²) in [6, 6.07) is 2.44. The van der Waals surface area contributed by atoms with Gasteiger partial charge in [-0.25, -0.2) is 4.39 Å². The standard InChI is InChI=1S/C10H12F2O2/c1-6(13)3-7-4-8(11)10(12)9(5-7)14-2/h4-6,13H,3H2,1-2H3/t6-/m0/s1. The summed E-state index contributed by atoms with van der Waals surface area (Å²) in [5.74, 6) is -2.09. The first-order valence-corrected chi connectivity index (χ1v) is 4.24. The van der Waals surface area contributed by atoms with E-state index in [0.29, 0.717) is 5.56 Å². The molecule has 0 bridgehead atoms. The van der Waals surface area contributed by atoms with Gasteiger partial charge in [-0.05, 0) is 31.0 Å². The highest BCUT2D eigenvalue weighted by molar-refractivity contribution is 5.31. The maximum atomic E-state index is 13.0. The van der Waals surface area contributed by atoms with Gasteiger partial charge in [0.15, 0.2) is 11.6 Å². The Balaban J connectivity index is 3.03. The Bertz CT molecular complexity index is 324. The lowest BCUT2D eigenvalue weighted by Gasteiger charge is -2.08. The first-order chi connectivity index (χ1) is 6.54. The molecule has 0 aliphatic heterocycles. The largest absolute Gasteiger partial charge is 0.494 e. The Labute approximate surface area is 81.1 Å². The zero-order chi connectivity index (χ0) is 10.7. The van der Waals surface area contributed by atoms with Crippen molar-refractivity contribution in [3.05, 3.63) is 29.3 Å². The van der Waals surface area contributed by atoms with Gasteiger partial charge < -0.3 is 9.84 Å². The topological polar surface area (TPSA) is 29.5 Å². The number of hydrogen-bond acceptors (Lipinski definition) is 2. The molecule has 1 aromatic carbocycles. The minimum absolute atomic E-state index is 0.138. The second-order valence-electron chi connectivity index (χ2n) is 3.15. The summed E-state index contributed by atoms with van der Waals surface area (Å²) in [6.45, 7) is 1.58. The number of hydrogen-bond donors (Lipinski definition) is 1. The first kappa shape index (κ1) is 10.9. The van der Waals surface area contributed by atoms with E-state index < -0.39 is 17.7 Å². The van der Waals surface area contributed by atoms with Crippen LogP contribution in [0.2, 0.25) is 0 Å². The van der Waals surface area contributed by atoms with Crippen LogP contribution in [0.4, 0.5) is 8.78 Å². The minimum atomic E-state index is -0.998. The van der Waals surface area contributed by atoms with Crippen molar-refractivity contribution in [1.82, 2.24) is 0 Å². The fraction of sp³-hybridized carbons (Fsp3) is 0.400. The lowest BCUT2D eigenvalue weighted by molar-refractivity contribution is 0.195. The highest BCUT2D eigenvalue weighted by Gasteiger charge is 2.11. The Morgan fingerprint density at radius 3 is 2.57 bits per heavy atom. The maximum absolute atomic E-state index is 13.0. The lowest BCUT2D eigenvalue weighted by Crippen LogP contribution is -2.05. The molecule has 0 radical (unpaired) electrons. The molecule has 2 nitrogen and oxygen atoms in total. The molecule has 0 amide bonds. The molecule has 0 heterocycles. The molecular weight excluding hydrogens is 190 g/mol. The average Bonchev–Trinajstić information content (AvgIpc) is 2.10. The maximum Gasteiger partial charge on any atom is 0.200 e. The fourth-order valence-electron chi connectivity index (χ4n) is 1.22. The van der Waals surface area contributed by atoms with Gasteiger partial charge >= 0.3 is 0 Å². The van der Waals surface area contributed by atoms with Crippen molar-refractivity contribution in [3.8, 4) is 5.75 Å². The van der Waals surface area contributed by atoms with E-state index in [-0.39, 0.29) is 12.2 Å². The average molecular weight is 202 g/mol. The van der Waals surface area contributed by atoms with Crippen LogP contribution in [-0.4, -0.2) is 18.3 Å². The zero-order valence-electron chi connectivity index (χ0n) is 8.05. The monoisotopic (exact) mass is 202 g/mol. The predicted octanol–water partition coefficient (Wildman–Crippen LogP) is 1.90. The van der Waals surface area contributed by atoms with Gasteiger partial charge in [0, 0.05) is 0 Å². The summed E-state index contributed by atoms with van der Waals surface area (Å²) in [5, 5.41) is 9.07. The van der Waals surface area contributed by atoms with E-state index in [1.807, 2.05) is 0 Å². The number of halogens is 2. The molecular formula is C10H12F2O2. The van der Waals surface area contributed by atoms with E-state index in [1.54, 1.807) is 6.92 Å². The predicted molar refractivity (Wildman–Crippen MR) is 48.3 cm³/mol. The summed E-state index contributed by atoms with van der Waals surface area (Å²) in [6.07, 6.45) is -0.322. The van der Waals surface area contributed by atoms with Crippen LogP contribution in [-0.2, 0) is 6.42 Å². The smallest absolute Gasteiger partial charge is 0.200 e. The van der Waals surface area contributed by atoms with E-state index >= 15 is 0 Å². The number of aliphatic hydroxyl groups excluding tert-OH is 1. The van der Waals surface area contributed by atoms with Crippen molar-refractivity contribution < 1.29 is 18.6 Å². The molecule has 1 aromatic rings. The Morgan fingerprint density at radius 1 is 1.43 bits per heavy atom. The first-order valence-electron chi connectivity index (χ1n) is 4.24. The van der Waals surface area contributed by atoms with Crippen molar-refractivity contribution >= 4 is 0 Å². The molecule has 0 aliphatic carbocycles. The van der Waals surface area contributed by atoms with Crippen LogP contribution in [0.5, 0.6) is 5.75 Å². The molecule has 0 unspecified atom stereocenters. The van der Waals surface area contributed by atoms with Gasteiger partial charge in [0.25, 0.3) is 0 Å². The van der Waals surface area contributed by atoms with Crippen LogP contribution in [0.1, 0.15) is 12.5 Å². The van der Waals surface area contributed by atoms with Gasteiger partial charge in [-0.2, -0.15) is 4.39 Å². The van der Waals surface area contributed by atoms with Crippen LogP contribution in [0.15, 0.2) is 12.1 Å². The SMILES string of the molecule is COc1cc(C[C@H](C)O)cc(F)c1F. The van der Waals surface area contributed by atoms with Crippen molar-refractivity contribution in [2.75, 3.05) is 7.11 Å². The molecule has 14 heavy (non-hydrogen) atoms. The van der Waals surface area contributed by atoms with Crippen LogP contribution in [0.3, 0.4) is 0 Å². The third kappa shape index (κ3) is 2.42. The fourth-order valence-corrected chi connectivity index (χ4v) is 1.22. The third-order valence-corrected chi connectivity index (χ3v) is 1.81. The summed E-state index contributed by atoms with van der Waals surface area (Å²) in [4.78, 5) is 0. The summed E-state index contributed by atoms with van der Waals surface area (Å²) >= 11 is 0. The second kappa shape index (κ2) is 4.37. The minimum Gasteiger partial charge on any atom is -0.494 e. The van der Waals surface area contributed by atoms with Crippen LogP contribution in [0, 0.1) is 11.6 Å². The number of aliphatic hydroxyl groups is 1. The Hall–Kier alpha value is -1.16. The summed E-state index contributed by atoms with van der Waals surface area (Å²) in [5.41, 5.74) is 0.510. The van der Waals surface area contributed by atoms with Gasteiger partial charge in [-0.15, -0.1) is 0 Å². The molecule has 1 atom stereocenters. The number of methoxy groups -OCH3 is 1. The molecule has 78 valence electrons. The van der Waals surface area contributed by atoms with Crippen molar-refractivity contribution in [3.63, 3.8) is 0 Å². The highest BCUT2D eigenvalue weighted by Crippen LogP contribution is 2.22. The highest BCUT2D eigenvalue weighted by atomic mass is 19.2. The normalized spacial score (nSPS) is 12.6. The lowest BCUT2D eigenvalue weighted by atomic mass is 10.1. The molecule has 1 N–H and O–H groups in total. The number of ether oxygens (including phenoxy) is 1. The van der Waals surface area contributed by atoms with Crippen LogP contribution in [0.25, 0.3) is 0 Å². The van der Waals surface area contributed by atoms with E-state index in [0.717, 1.165) is 6.07 Å². The molecule has 4 heteroatoms. The molecule has 0 spiro atoms. The van der Waals surface area contributed by atoms with Gasteiger partial charge in [0.2, 0.25) is 5.82 Å². The molecule has 0 saturated carbocycles. The molecule has 0 aliphatic rings. The van der Waals surface area contributed by atoms with E-state index in [9.17, 15) is 8.78 Å². The molecule has 0 aromatic heterocycles. The van der Waals surface area contributed by atoms with Gasteiger partial charge in [0.05, 0.1) is 13.2 Å².